The van der Waals surface area contributed by atoms with Crippen LogP contribution in [0.4, 0.5) is 17.1 Å². The molecule has 0 aliphatic heterocycles. The average molecular weight is 346 g/mol. The second-order valence-electron chi connectivity index (χ2n) is 5.44. The standard InChI is InChI=1S/C18H20ClN3O2/c1-12-3-4-14(19)11-17(12)20-10-9-18(24)22-16-7-5-15(6-8-16)21-13(2)23/h3-8,11,20H,9-10H2,1-2H3,(H,21,23)(H,22,24). The minimum Gasteiger partial charge on any atom is -0.384 e. The Morgan fingerprint density at radius 3 is 2.25 bits per heavy atom. The molecule has 0 radical (unpaired) electrons. The zero-order valence-corrected chi connectivity index (χ0v) is 14.4. The number of rotatable bonds is 6. The van der Waals surface area contributed by atoms with Crippen molar-refractivity contribution < 1.29 is 9.59 Å². The van der Waals surface area contributed by atoms with Crippen LogP contribution < -0.4 is 16.0 Å². The fraction of sp³-hybridized carbons (Fsp3) is 0.222. The molecule has 0 fully saturated rings. The first-order chi connectivity index (χ1) is 11.4. The Labute approximate surface area is 146 Å². The van der Waals surface area contributed by atoms with Crippen molar-refractivity contribution in [2.75, 3.05) is 22.5 Å². The predicted octanol–water partition coefficient (Wildman–Crippen LogP) is 4.05. The van der Waals surface area contributed by atoms with Gasteiger partial charge in [0.15, 0.2) is 0 Å². The number of amides is 2. The van der Waals surface area contributed by atoms with Crippen LogP contribution in [0.1, 0.15) is 18.9 Å². The lowest BCUT2D eigenvalue weighted by Gasteiger charge is -2.10. The molecule has 24 heavy (non-hydrogen) atoms. The number of carbonyl (C=O) groups excluding carboxylic acids is 2. The van der Waals surface area contributed by atoms with Crippen molar-refractivity contribution in [1.82, 2.24) is 0 Å². The third-order valence-corrected chi connectivity index (χ3v) is 3.59. The largest absolute Gasteiger partial charge is 0.384 e. The average Bonchev–Trinajstić information content (AvgIpc) is 2.52. The molecular weight excluding hydrogens is 326 g/mol. The molecule has 3 N–H and O–H groups in total. The van der Waals surface area contributed by atoms with Crippen molar-refractivity contribution in [3.05, 3.63) is 53.1 Å². The summed E-state index contributed by atoms with van der Waals surface area (Å²) in [7, 11) is 0. The number of nitrogens with one attached hydrogen (secondary N) is 3. The van der Waals surface area contributed by atoms with E-state index in [-0.39, 0.29) is 11.8 Å². The van der Waals surface area contributed by atoms with E-state index >= 15 is 0 Å². The number of hydrogen-bond acceptors (Lipinski definition) is 3. The van der Waals surface area contributed by atoms with Crippen molar-refractivity contribution in [2.45, 2.75) is 20.3 Å². The van der Waals surface area contributed by atoms with E-state index in [0.717, 1.165) is 11.3 Å². The van der Waals surface area contributed by atoms with Gasteiger partial charge in [0.25, 0.3) is 0 Å². The Morgan fingerprint density at radius 2 is 1.62 bits per heavy atom. The summed E-state index contributed by atoms with van der Waals surface area (Å²) in [6.07, 6.45) is 0.333. The summed E-state index contributed by atoms with van der Waals surface area (Å²) in [5.41, 5.74) is 3.38. The number of benzene rings is 2. The van der Waals surface area contributed by atoms with E-state index in [1.165, 1.54) is 6.92 Å². The minimum atomic E-state index is -0.130. The van der Waals surface area contributed by atoms with Gasteiger partial charge < -0.3 is 16.0 Å². The summed E-state index contributed by atoms with van der Waals surface area (Å²) in [6, 6.07) is 12.6. The van der Waals surface area contributed by atoms with Crippen LogP contribution in [0.3, 0.4) is 0 Å². The van der Waals surface area contributed by atoms with Crippen molar-refractivity contribution in [1.29, 1.82) is 0 Å². The van der Waals surface area contributed by atoms with Gasteiger partial charge in [-0.3, -0.25) is 9.59 Å². The molecule has 5 nitrogen and oxygen atoms in total. The Balaban J connectivity index is 1.80. The number of anilines is 3. The van der Waals surface area contributed by atoms with Gasteiger partial charge in [-0.15, -0.1) is 0 Å². The second-order valence-corrected chi connectivity index (χ2v) is 5.88. The van der Waals surface area contributed by atoms with Gasteiger partial charge in [-0.2, -0.15) is 0 Å². The van der Waals surface area contributed by atoms with Crippen LogP contribution in [0.5, 0.6) is 0 Å². The van der Waals surface area contributed by atoms with Crippen molar-refractivity contribution >= 4 is 40.5 Å². The van der Waals surface area contributed by atoms with Gasteiger partial charge in [-0.1, -0.05) is 17.7 Å². The second kappa shape index (κ2) is 8.36. The molecule has 0 heterocycles. The Kier molecular flexibility index (Phi) is 6.21. The number of aryl methyl sites for hydroxylation is 1. The van der Waals surface area contributed by atoms with Gasteiger partial charge in [-0.25, -0.2) is 0 Å². The molecule has 126 valence electrons. The Bertz CT molecular complexity index is 730. The van der Waals surface area contributed by atoms with E-state index in [1.807, 2.05) is 25.1 Å². The number of carbonyl (C=O) groups is 2. The van der Waals surface area contributed by atoms with Crippen LogP contribution in [0.2, 0.25) is 5.02 Å². The topological polar surface area (TPSA) is 70.2 Å². The van der Waals surface area contributed by atoms with Crippen LogP contribution >= 0.6 is 11.6 Å². The highest BCUT2D eigenvalue weighted by Gasteiger charge is 2.04. The number of halogens is 1. The zero-order chi connectivity index (χ0) is 17.5. The summed E-state index contributed by atoms with van der Waals surface area (Å²) < 4.78 is 0. The third-order valence-electron chi connectivity index (χ3n) is 3.36. The fourth-order valence-electron chi connectivity index (χ4n) is 2.16. The summed E-state index contributed by atoms with van der Waals surface area (Å²) in [4.78, 5) is 22.9. The lowest BCUT2D eigenvalue weighted by Crippen LogP contribution is -2.16. The van der Waals surface area contributed by atoms with Crippen LogP contribution in [-0.4, -0.2) is 18.4 Å². The molecule has 0 atom stereocenters. The Hall–Kier alpha value is -2.53. The SMILES string of the molecule is CC(=O)Nc1ccc(NC(=O)CCNc2cc(Cl)ccc2C)cc1. The monoisotopic (exact) mass is 345 g/mol. The molecule has 0 saturated heterocycles. The molecule has 2 aromatic rings. The molecule has 0 aromatic heterocycles. The van der Waals surface area contributed by atoms with E-state index in [9.17, 15) is 9.59 Å². The summed E-state index contributed by atoms with van der Waals surface area (Å²) in [5.74, 6) is -0.219. The fourth-order valence-corrected chi connectivity index (χ4v) is 2.33. The van der Waals surface area contributed by atoms with Gasteiger partial charge >= 0.3 is 0 Å². The van der Waals surface area contributed by atoms with Crippen molar-refractivity contribution in [3.8, 4) is 0 Å². The molecule has 0 unspecified atom stereocenters. The smallest absolute Gasteiger partial charge is 0.226 e. The highest BCUT2D eigenvalue weighted by molar-refractivity contribution is 6.30. The minimum absolute atomic E-state index is 0.0885. The van der Waals surface area contributed by atoms with Gasteiger partial charge in [0, 0.05) is 42.0 Å². The maximum Gasteiger partial charge on any atom is 0.226 e. The summed E-state index contributed by atoms with van der Waals surface area (Å²) in [5, 5.41) is 9.36. The maximum atomic E-state index is 12.0. The van der Waals surface area contributed by atoms with E-state index in [0.29, 0.717) is 29.4 Å². The van der Waals surface area contributed by atoms with Gasteiger partial charge in [0.05, 0.1) is 0 Å². The van der Waals surface area contributed by atoms with Crippen LogP contribution in [0.25, 0.3) is 0 Å². The molecule has 0 aliphatic rings. The first kappa shape index (κ1) is 17.8. The van der Waals surface area contributed by atoms with Gasteiger partial charge in [-0.05, 0) is 48.9 Å². The Morgan fingerprint density at radius 1 is 1.00 bits per heavy atom. The first-order valence-corrected chi connectivity index (χ1v) is 7.99. The highest BCUT2D eigenvalue weighted by atomic mass is 35.5. The quantitative estimate of drug-likeness (QED) is 0.739. The molecule has 2 amide bonds. The number of hydrogen-bond donors (Lipinski definition) is 3. The third kappa shape index (κ3) is 5.59. The predicted molar refractivity (Wildman–Crippen MR) is 98.7 cm³/mol. The highest BCUT2D eigenvalue weighted by Crippen LogP contribution is 2.20. The molecule has 6 heteroatoms. The van der Waals surface area contributed by atoms with Crippen molar-refractivity contribution in [3.63, 3.8) is 0 Å². The summed E-state index contributed by atoms with van der Waals surface area (Å²) in [6.45, 7) is 3.94. The molecule has 0 spiro atoms. The van der Waals surface area contributed by atoms with Crippen LogP contribution in [0.15, 0.2) is 42.5 Å². The normalized spacial score (nSPS) is 10.1. The molecule has 0 bridgehead atoms. The molecule has 2 rings (SSSR count). The van der Waals surface area contributed by atoms with E-state index in [4.69, 9.17) is 11.6 Å². The van der Waals surface area contributed by atoms with Crippen molar-refractivity contribution in [2.24, 2.45) is 0 Å². The molecule has 2 aromatic carbocycles. The van der Waals surface area contributed by atoms with E-state index in [2.05, 4.69) is 16.0 Å². The molecule has 0 aliphatic carbocycles. The van der Waals surface area contributed by atoms with Crippen LogP contribution in [-0.2, 0) is 9.59 Å². The lowest BCUT2D eigenvalue weighted by molar-refractivity contribution is -0.116. The molecular formula is C18H20ClN3O2. The van der Waals surface area contributed by atoms with Gasteiger partial charge in [0.1, 0.15) is 0 Å². The first-order valence-electron chi connectivity index (χ1n) is 7.61. The van der Waals surface area contributed by atoms with Gasteiger partial charge in [0.2, 0.25) is 11.8 Å². The lowest BCUT2D eigenvalue weighted by atomic mass is 10.2. The van der Waals surface area contributed by atoms with Crippen LogP contribution in [0, 0.1) is 6.92 Å². The van der Waals surface area contributed by atoms with E-state index in [1.54, 1.807) is 24.3 Å². The maximum absolute atomic E-state index is 12.0. The van der Waals surface area contributed by atoms with E-state index < -0.39 is 0 Å². The molecule has 0 saturated carbocycles. The zero-order valence-electron chi connectivity index (χ0n) is 13.7. The summed E-state index contributed by atoms with van der Waals surface area (Å²) >= 11 is 5.96.